The molecule has 1 heterocycles. The van der Waals surface area contributed by atoms with Crippen LogP contribution >= 0.6 is 12.2 Å². The van der Waals surface area contributed by atoms with Gasteiger partial charge in [-0.3, -0.25) is 14.4 Å². The minimum Gasteiger partial charge on any atom is -0.494 e. The Labute approximate surface area is 188 Å². The maximum Gasteiger partial charge on any atom is 0.203 e. The summed E-state index contributed by atoms with van der Waals surface area (Å²) in [7, 11) is 6.03. The molecule has 1 atom stereocenters. The number of benzene rings is 2. The molecule has 0 fully saturated rings. The third-order valence-electron chi connectivity index (χ3n) is 5.16. The largest absolute Gasteiger partial charge is 0.494 e. The minimum absolute atomic E-state index is 0.0319. The maximum atomic E-state index is 13.5. The van der Waals surface area contributed by atoms with Crippen LogP contribution in [0.1, 0.15) is 31.3 Å². The number of halogens is 1. The third kappa shape index (κ3) is 5.58. The highest BCUT2D eigenvalue weighted by molar-refractivity contribution is 7.71. The van der Waals surface area contributed by atoms with Crippen molar-refractivity contribution in [1.82, 2.24) is 24.1 Å². The normalized spacial score (nSPS) is 12.5. The van der Waals surface area contributed by atoms with Gasteiger partial charge in [0.25, 0.3) is 0 Å². The Bertz CT molecular complexity index is 1040. The number of hydrogen-bond donors (Lipinski definition) is 0. The molecule has 0 radical (unpaired) electrons. The average molecular weight is 444 g/mol. The van der Waals surface area contributed by atoms with E-state index in [0.717, 1.165) is 23.8 Å². The van der Waals surface area contributed by atoms with Gasteiger partial charge < -0.3 is 4.74 Å². The Balaban J connectivity index is 1.86. The van der Waals surface area contributed by atoms with Gasteiger partial charge in [0.2, 0.25) is 4.77 Å². The monoisotopic (exact) mass is 443 g/mol. The first-order chi connectivity index (χ1) is 14.8. The number of aromatic nitrogens is 3. The molecule has 0 amide bonds. The summed E-state index contributed by atoms with van der Waals surface area (Å²) in [5, 5.41) is 4.83. The van der Waals surface area contributed by atoms with Gasteiger partial charge in [-0.25, -0.2) is 9.07 Å². The van der Waals surface area contributed by atoms with Crippen LogP contribution in [0.5, 0.6) is 5.75 Å². The SMILES string of the molecule is CCOc1ccc(CN(C)Cn2nc(C(C)N(C)C)n(-c3ccc(F)cc3)c2=S)cc1. The van der Waals surface area contributed by atoms with Gasteiger partial charge in [0.15, 0.2) is 5.82 Å². The van der Waals surface area contributed by atoms with Crippen molar-refractivity contribution in [2.75, 3.05) is 27.7 Å². The fourth-order valence-electron chi connectivity index (χ4n) is 3.30. The van der Waals surface area contributed by atoms with Crippen LogP contribution in [0.3, 0.4) is 0 Å². The zero-order valence-corrected chi connectivity index (χ0v) is 19.6. The summed E-state index contributed by atoms with van der Waals surface area (Å²) in [4.78, 5) is 4.22. The Morgan fingerprint density at radius 3 is 2.29 bits per heavy atom. The number of hydrogen-bond acceptors (Lipinski definition) is 5. The van der Waals surface area contributed by atoms with Gasteiger partial charge in [-0.2, -0.15) is 5.10 Å². The van der Waals surface area contributed by atoms with Crippen molar-refractivity contribution in [1.29, 1.82) is 0 Å². The lowest BCUT2D eigenvalue weighted by molar-refractivity contribution is 0.241. The predicted octanol–water partition coefficient (Wildman–Crippen LogP) is 4.65. The summed E-state index contributed by atoms with van der Waals surface area (Å²) < 4.78 is 23.3. The molecule has 0 N–H and O–H groups in total. The highest BCUT2D eigenvalue weighted by Gasteiger charge is 2.20. The molecule has 0 aliphatic heterocycles. The number of rotatable bonds is 9. The molecule has 1 unspecified atom stereocenters. The topological polar surface area (TPSA) is 38.5 Å². The van der Waals surface area contributed by atoms with Crippen LogP contribution in [0, 0.1) is 10.6 Å². The first-order valence-electron chi connectivity index (χ1n) is 10.3. The van der Waals surface area contributed by atoms with Crippen molar-refractivity contribution in [2.24, 2.45) is 0 Å². The highest BCUT2D eigenvalue weighted by Crippen LogP contribution is 2.22. The molecule has 2 aromatic carbocycles. The van der Waals surface area contributed by atoms with Crippen LogP contribution in [0.2, 0.25) is 0 Å². The van der Waals surface area contributed by atoms with Crippen LogP contribution < -0.4 is 4.74 Å². The Morgan fingerprint density at radius 2 is 1.71 bits per heavy atom. The van der Waals surface area contributed by atoms with Gasteiger partial charge in [-0.05, 0) is 89.2 Å². The lowest BCUT2D eigenvalue weighted by atomic mass is 10.2. The van der Waals surface area contributed by atoms with E-state index < -0.39 is 0 Å². The number of ether oxygens (including phenoxy) is 1. The standard InChI is InChI=1S/C23H30FN5OS/c1-6-30-21-13-7-18(8-14-21)15-27(5)16-28-23(31)29(20-11-9-19(24)10-12-20)22(25-28)17(2)26(3)4/h7-14,17H,6,15-16H2,1-5H3. The fraction of sp³-hybridized carbons (Fsp3) is 0.391. The molecule has 0 spiro atoms. The molecule has 0 aliphatic rings. The predicted molar refractivity (Wildman–Crippen MR) is 124 cm³/mol. The second-order valence-electron chi connectivity index (χ2n) is 7.82. The Hall–Kier alpha value is -2.55. The molecular weight excluding hydrogens is 413 g/mol. The maximum absolute atomic E-state index is 13.5. The molecule has 1 aromatic heterocycles. The van der Waals surface area contributed by atoms with Crippen molar-refractivity contribution in [3.8, 4) is 11.4 Å². The molecule has 0 saturated heterocycles. The Kier molecular flexibility index (Phi) is 7.59. The first-order valence-corrected chi connectivity index (χ1v) is 10.7. The van der Waals surface area contributed by atoms with Crippen LogP contribution in [0.15, 0.2) is 48.5 Å². The second kappa shape index (κ2) is 10.2. The van der Waals surface area contributed by atoms with E-state index in [4.69, 9.17) is 22.1 Å². The van der Waals surface area contributed by atoms with Gasteiger partial charge >= 0.3 is 0 Å². The highest BCUT2D eigenvalue weighted by atomic mass is 32.1. The lowest BCUT2D eigenvalue weighted by Gasteiger charge is -2.19. The number of nitrogens with zero attached hydrogens (tertiary/aromatic N) is 5. The van der Waals surface area contributed by atoms with Crippen LogP contribution in [0.25, 0.3) is 5.69 Å². The molecule has 3 aromatic rings. The van der Waals surface area contributed by atoms with Crippen LogP contribution in [-0.2, 0) is 13.2 Å². The molecule has 166 valence electrons. The van der Waals surface area contributed by atoms with Crippen molar-refractivity contribution < 1.29 is 9.13 Å². The second-order valence-corrected chi connectivity index (χ2v) is 8.19. The molecule has 0 bridgehead atoms. The summed E-state index contributed by atoms with van der Waals surface area (Å²) in [6, 6.07) is 14.5. The van der Waals surface area contributed by atoms with E-state index in [1.54, 1.807) is 12.1 Å². The summed E-state index contributed by atoms with van der Waals surface area (Å²) in [5.74, 6) is 1.41. The van der Waals surface area contributed by atoms with E-state index in [1.807, 2.05) is 49.4 Å². The molecule has 31 heavy (non-hydrogen) atoms. The van der Waals surface area contributed by atoms with Crippen LogP contribution in [0.4, 0.5) is 4.39 Å². The van der Waals surface area contributed by atoms with E-state index >= 15 is 0 Å². The van der Waals surface area contributed by atoms with Crippen LogP contribution in [-0.4, -0.2) is 51.9 Å². The molecule has 0 saturated carbocycles. The first kappa shape index (κ1) is 23.1. The molecule has 3 rings (SSSR count). The molecule has 0 aliphatic carbocycles. The van der Waals surface area contributed by atoms with E-state index in [9.17, 15) is 4.39 Å². The van der Waals surface area contributed by atoms with E-state index in [-0.39, 0.29) is 11.9 Å². The average Bonchev–Trinajstić information content (AvgIpc) is 3.05. The summed E-state index contributed by atoms with van der Waals surface area (Å²) in [6.45, 7) is 5.98. The van der Waals surface area contributed by atoms with E-state index in [0.29, 0.717) is 18.0 Å². The third-order valence-corrected chi connectivity index (χ3v) is 5.55. The van der Waals surface area contributed by atoms with E-state index in [2.05, 4.69) is 28.9 Å². The smallest absolute Gasteiger partial charge is 0.203 e. The fourth-order valence-corrected chi connectivity index (χ4v) is 3.60. The van der Waals surface area contributed by atoms with Crippen molar-refractivity contribution in [3.63, 3.8) is 0 Å². The van der Waals surface area contributed by atoms with Crippen molar-refractivity contribution in [2.45, 2.75) is 33.1 Å². The molecular formula is C23H30FN5OS. The molecule has 8 heteroatoms. The Morgan fingerprint density at radius 1 is 1.06 bits per heavy atom. The van der Waals surface area contributed by atoms with Crippen molar-refractivity contribution >= 4 is 12.2 Å². The van der Waals surface area contributed by atoms with Gasteiger partial charge in [0.1, 0.15) is 11.6 Å². The van der Waals surface area contributed by atoms with E-state index in [1.165, 1.54) is 17.7 Å². The zero-order chi connectivity index (χ0) is 22.5. The zero-order valence-electron chi connectivity index (χ0n) is 18.7. The summed E-state index contributed by atoms with van der Waals surface area (Å²) in [6.07, 6.45) is 0. The summed E-state index contributed by atoms with van der Waals surface area (Å²) >= 11 is 5.77. The quantitative estimate of drug-likeness (QED) is 0.450. The minimum atomic E-state index is -0.278. The summed E-state index contributed by atoms with van der Waals surface area (Å²) in [5.41, 5.74) is 1.98. The molecule has 6 nitrogen and oxygen atoms in total. The van der Waals surface area contributed by atoms with Gasteiger partial charge in [-0.15, -0.1) is 0 Å². The van der Waals surface area contributed by atoms with Crippen molar-refractivity contribution in [3.05, 3.63) is 70.5 Å². The van der Waals surface area contributed by atoms with Gasteiger partial charge in [0, 0.05) is 12.2 Å². The van der Waals surface area contributed by atoms with Gasteiger partial charge in [-0.1, -0.05) is 12.1 Å². The van der Waals surface area contributed by atoms with Gasteiger partial charge in [0.05, 0.1) is 19.3 Å². The lowest BCUT2D eigenvalue weighted by Crippen LogP contribution is -2.23.